The van der Waals surface area contributed by atoms with Crippen molar-refractivity contribution in [3.05, 3.63) is 22.8 Å². The minimum atomic E-state index is -1.10. The van der Waals surface area contributed by atoms with Gasteiger partial charge in [-0.25, -0.2) is 9.78 Å². The van der Waals surface area contributed by atoms with Gasteiger partial charge in [0.2, 0.25) is 0 Å². The van der Waals surface area contributed by atoms with Crippen LogP contribution in [0, 0.1) is 5.41 Å². The second-order valence-electron chi connectivity index (χ2n) is 5.76. The predicted octanol–water partition coefficient (Wildman–Crippen LogP) is 3.81. The van der Waals surface area contributed by atoms with Crippen molar-refractivity contribution >= 4 is 23.4 Å². The molecule has 0 aliphatic heterocycles. The van der Waals surface area contributed by atoms with Gasteiger partial charge in [0.05, 0.1) is 5.02 Å². The smallest absolute Gasteiger partial charge is 0.356 e. The van der Waals surface area contributed by atoms with Gasteiger partial charge >= 0.3 is 5.97 Å². The first-order chi connectivity index (χ1) is 8.90. The van der Waals surface area contributed by atoms with E-state index in [0.717, 1.165) is 6.42 Å². The molecule has 0 amide bonds. The Bertz CT molecular complexity index is 488. The molecule has 1 saturated carbocycles. The number of nitrogens with zero attached hydrogens (tertiary/aromatic N) is 1. The second kappa shape index (κ2) is 5.37. The lowest BCUT2D eigenvalue weighted by Gasteiger charge is -2.39. The van der Waals surface area contributed by atoms with Crippen molar-refractivity contribution in [1.82, 2.24) is 4.98 Å². The Morgan fingerprint density at radius 2 is 2.21 bits per heavy atom. The molecule has 1 atom stereocenters. The Hall–Kier alpha value is -1.29. The summed E-state index contributed by atoms with van der Waals surface area (Å²) in [6, 6.07) is 3.63. The summed E-state index contributed by atoms with van der Waals surface area (Å²) in [5, 5.41) is 12.6. The van der Waals surface area contributed by atoms with E-state index in [1.807, 2.05) is 0 Å². The van der Waals surface area contributed by atoms with E-state index in [9.17, 15) is 4.79 Å². The number of aromatic carboxylic acids is 1. The number of nitrogens with one attached hydrogen (secondary N) is 1. The maximum atomic E-state index is 11.0. The molecule has 1 aliphatic carbocycles. The number of hydrogen-bond acceptors (Lipinski definition) is 3. The molecule has 19 heavy (non-hydrogen) atoms. The SMILES string of the molecule is CC1(C)CCCCC1Nc1ccc(Cl)c(C(=O)O)n1. The highest BCUT2D eigenvalue weighted by atomic mass is 35.5. The van der Waals surface area contributed by atoms with Crippen LogP contribution in [0.5, 0.6) is 0 Å². The van der Waals surface area contributed by atoms with Crippen molar-refractivity contribution in [2.75, 3.05) is 5.32 Å². The maximum Gasteiger partial charge on any atom is 0.356 e. The van der Waals surface area contributed by atoms with Gasteiger partial charge in [0.25, 0.3) is 0 Å². The molecule has 1 fully saturated rings. The van der Waals surface area contributed by atoms with E-state index >= 15 is 0 Å². The molecule has 0 bridgehead atoms. The van der Waals surface area contributed by atoms with E-state index in [0.29, 0.717) is 11.9 Å². The van der Waals surface area contributed by atoms with Crippen LogP contribution in [0.3, 0.4) is 0 Å². The van der Waals surface area contributed by atoms with Crippen molar-refractivity contribution in [1.29, 1.82) is 0 Å². The summed E-state index contributed by atoms with van der Waals surface area (Å²) in [5.41, 5.74) is 0.100. The Labute approximate surface area is 118 Å². The van der Waals surface area contributed by atoms with Gasteiger partial charge in [-0.2, -0.15) is 0 Å². The van der Waals surface area contributed by atoms with Gasteiger partial charge in [0.1, 0.15) is 5.82 Å². The average Bonchev–Trinajstić information content (AvgIpc) is 2.33. The van der Waals surface area contributed by atoms with Crippen molar-refractivity contribution in [2.45, 2.75) is 45.6 Å². The molecule has 1 aliphatic rings. The molecule has 0 saturated heterocycles. The van der Waals surface area contributed by atoms with E-state index in [1.54, 1.807) is 12.1 Å². The lowest BCUT2D eigenvalue weighted by Crippen LogP contribution is -2.39. The quantitative estimate of drug-likeness (QED) is 0.885. The standard InChI is InChI=1S/C14H19ClN2O2/c1-14(2)8-4-3-5-10(14)16-11-7-6-9(15)12(17-11)13(18)19/h6-7,10H,3-5,8H2,1-2H3,(H,16,17)(H,18,19). The molecule has 0 aromatic carbocycles. The van der Waals surface area contributed by atoms with Gasteiger partial charge in [-0.05, 0) is 30.4 Å². The first-order valence-corrected chi connectivity index (χ1v) is 6.94. The minimum Gasteiger partial charge on any atom is -0.476 e. The number of carbonyl (C=O) groups is 1. The number of carboxylic acid groups (broad SMARTS) is 1. The summed E-state index contributed by atoms with van der Waals surface area (Å²) in [6.07, 6.45) is 4.70. The Kier molecular flexibility index (Phi) is 3.99. The molecule has 104 valence electrons. The summed E-state index contributed by atoms with van der Waals surface area (Å²) in [6.45, 7) is 4.47. The monoisotopic (exact) mass is 282 g/mol. The summed E-state index contributed by atoms with van der Waals surface area (Å²) in [5.74, 6) is -0.515. The van der Waals surface area contributed by atoms with Crippen LogP contribution in [0.25, 0.3) is 0 Å². The summed E-state index contributed by atoms with van der Waals surface area (Å²) in [4.78, 5) is 15.1. The number of anilines is 1. The highest BCUT2D eigenvalue weighted by Gasteiger charge is 2.32. The molecule has 2 rings (SSSR count). The lowest BCUT2D eigenvalue weighted by molar-refractivity contribution is 0.0691. The highest BCUT2D eigenvalue weighted by molar-refractivity contribution is 6.33. The van der Waals surface area contributed by atoms with Gasteiger partial charge in [-0.15, -0.1) is 0 Å². The number of pyridine rings is 1. The number of hydrogen-bond donors (Lipinski definition) is 2. The van der Waals surface area contributed by atoms with Crippen LogP contribution in [0.15, 0.2) is 12.1 Å². The molecule has 5 heteroatoms. The average molecular weight is 283 g/mol. The van der Waals surface area contributed by atoms with Crippen LogP contribution in [0.2, 0.25) is 5.02 Å². The predicted molar refractivity (Wildman–Crippen MR) is 75.9 cm³/mol. The van der Waals surface area contributed by atoms with Crippen LogP contribution in [0.4, 0.5) is 5.82 Å². The van der Waals surface area contributed by atoms with Crippen molar-refractivity contribution in [3.8, 4) is 0 Å². The van der Waals surface area contributed by atoms with Crippen LogP contribution in [-0.2, 0) is 0 Å². The first kappa shape index (κ1) is 14.1. The van der Waals surface area contributed by atoms with Crippen molar-refractivity contribution < 1.29 is 9.90 Å². The number of aromatic nitrogens is 1. The number of rotatable bonds is 3. The summed E-state index contributed by atoms with van der Waals surface area (Å²) < 4.78 is 0. The van der Waals surface area contributed by atoms with Crippen LogP contribution >= 0.6 is 11.6 Å². The Morgan fingerprint density at radius 1 is 1.47 bits per heavy atom. The molecule has 2 N–H and O–H groups in total. The fraction of sp³-hybridized carbons (Fsp3) is 0.571. The van der Waals surface area contributed by atoms with Gasteiger partial charge in [0, 0.05) is 6.04 Å². The third-order valence-electron chi connectivity index (χ3n) is 3.88. The fourth-order valence-corrected chi connectivity index (χ4v) is 2.80. The zero-order valence-corrected chi connectivity index (χ0v) is 12.0. The molecular weight excluding hydrogens is 264 g/mol. The highest BCUT2D eigenvalue weighted by Crippen LogP contribution is 2.37. The fourth-order valence-electron chi connectivity index (χ4n) is 2.61. The molecule has 1 unspecified atom stereocenters. The first-order valence-electron chi connectivity index (χ1n) is 6.56. The Morgan fingerprint density at radius 3 is 2.84 bits per heavy atom. The molecule has 1 aromatic rings. The van der Waals surface area contributed by atoms with Gasteiger partial charge in [-0.1, -0.05) is 38.3 Å². The second-order valence-corrected chi connectivity index (χ2v) is 6.17. The van der Waals surface area contributed by atoms with Crippen LogP contribution in [0.1, 0.15) is 50.0 Å². The molecule has 4 nitrogen and oxygen atoms in total. The van der Waals surface area contributed by atoms with Gasteiger partial charge < -0.3 is 10.4 Å². The summed E-state index contributed by atoms with van der Waals surface area (Å²) in [7, 11) is 0. The largest absolute Gasteiger partial charge is 0.476 e. The Balaban J connectivity index is 2.19. The van der Waals surface area contributed by atoms with Crippen LogP contribution < -0.4 is 5.32 Å². The molecule has 0 radical (unpaired) electrons. The minimum absolute atomic E-state index is 0.0970. The van der Waals surface area contributed by atoms with Gasteiger partial charge in [-0.3, -0.25) is 0 Å². The number of carboxylic acids is 1. The van der Waals surface area contributed by atoms with E-state index in [-0.39, 0.29) is 16.1 Å². The zero-order chi connectivity index (χ0) is 14.0. The summed E-state index contributed by atoms with van der Waals surface area (Å²) >= 11 is 5.82. The van der Waals surface area contributed by atoms with E-state index in [1.165, 1.54) is 19.3 Å². The maximum absolute atomic E-state index is 11.0. The molecule has 1 heterocycles. The van der Waals surface area contributed by atoms with Crippen molar-refractivity contribution in [3.63, 3.8) is 0 Å². The molecular formula is C14H19ClN2O2. The topological polar surface area (TPSA) is 62.2 Å². The molecule has 1 aromatic heterocycles. The lowest BCUT2D eigenvalue weighted by atomic mass is 9.73. The third kappa shape index (κ3) is 3.18. The third-order valence-corrected chi connectivity index (χ3v) is 4.18. The normalized spacial score (nSPS) is 21.9. The van der Waals surface area contributed by atoms with Crippen molar-refractivity contribution in [2.24, 2.45) is 5.41 Å². The van der Waals surface area contributed by atoms with Crippen LogP contribution in [-0.4, -0.2) is 22.1 Å². The van der Waals surface area contributed by atoms with Gasteiger partial charge in [0.15, 0.2) is 5.69 Å². The zero-order valence-electron chi connectivity index (χ0n) is 11.2. The van der Waals surface area contributed by atoms with E-state index in [2.05, 4.69) is 24.1 Å². The van der Waals surface area contributed by atoms with E-state index in [4.69, 9.17) is 16.7 Å². The molecule has 0 spiro atoms. The van der Waals surface area contributed by atoms with E-state index < -0.39 is 5.97 Å². The number of halogens is 1.